The molecule has 3 heterocycles. The number of aromatic nitrogens is 1. The van der Waals surface area contributed by atoms with Gasteiger partial charge in [-0.3, -0.25) is 4.79 Å². The van der Waals surface area contributed by atoms with E-state index in [-0.39, 0.29) is 10.8 Å². The van der Waals surface area contributed by atoms with Crippen LogP contribution in [-0.2, 0) is 10.0 Å². The number of piperidine rings is 2. The molecular formula is C25H32N4O3S. The second-order valence-corrected chi connectivity index (χ2v) is 11.6. The van der Waals surface area contributed by atoms with E-state index in [9.17, 15) is 13.2 Å². The molecule has 1 amide bonds. The highest BCUT2D eigenvalue weighted by molar-refractivity contribution is 7.89. The van der Waals surface area contributed by atoms with Crippen LogP contribution in [0.3, 0.4) is 0 Å². The number of rotatable bonds is 5. The zero-order valence-corrected chi connectivity index (χ0v) is 19.8. The molecule has 3 fully saturated rings. The topological polar surface area (TPSA) is 82.6 Å². The summed E-state index contributed by atoms with van der Waals surface area (Å²) in [5.41, 5.74) is 1.51. The molecule has 8 heteroatoms. The van der Waals surface area contributed by atoms with E-state index in [1.807, 2.05) is 0 Å². The van der Waals surface area contributed by atoms with Gasteiger partial charge in [0, 0.05) is 38.1 Å². The Morgan fingerprint density at radius 3 is 2.36 bits per heavy atom. The smallest absolute Gasteiger partial charge is 0.259 e. The van der Waals surface area contributed by atoms with Gasteiger partial charge in [-0.2, -0.15) is 4.31 Å². The fourth-order valence-electron chi connectivity index (χ4n) is 5.38. The van der Waals surface area contributed by atoms with Crippen molar-refractivity contribution in [1.82, 2.24) is 9.29 Å². The largest absolute Gasteiger partial charge is 0.356 e. The number of hydrogen-bond donors (Lipinski definition) is 1. The first-order chi connectivity index (χ1) is 16.0. The van der Waals surface area contributed by atoms with Crippen LogP contribution in [0.15, 0.2) is 47.5 Å². The van der Waals surface area contributed by atoms with Gasteiger partial charge in [-0.05, 0) is 74.3 Å². The number of pyridine rings is 1. The molecule has 1 aromatic carbocycles. The quantitative estimate of drug-likeness (QED) is 0.708. The van der Waals surface area contributed by atoms with Crippen LogP contribution in [0.4, 0.5) is 11.5 Å². The van der Waals surface area contributed by atoms with Crippen molar-refractivity contribution in [2.45, 2.75) is 56.3 Å². The van der Waals surface area contributed by atoms with Crippen LogP contribution in [0.2, 0.25) is 0 Å². The molecule has 3 aliphatic rings. The van der Waals surface area contributed by atoms with Crippen molar-refractivity contribution in [2.24, 2.45) is 5.41 Å². The summed E-state index contributed by atoms with van der Waals surface area (Å²) >= 11 is 0. The summed E-state index contributed by atoms with van der Waals surface area (Å²) in [6.07, 6.45) is 10.9. The van der Waals surface area contributed by atoms with Crippen LogP contribution in [0, 0.1) is 5.41 Å². The standard InChI is InChI=1S/C25H32N4O3S/c30-24(22-9-5-14-26-23(22)28-17-12-25(13-18-28)10-6-11-25)27-20-7-4-8-21(19-20)33(31,32)29-15-2-1-3-16-29/h4-5,7-9,14,19H,1-3,6,10-13,15-18H2,(H,27,30). The third kappa shape index (κ3) is 4.51. The highest BCUT2D eigenvalue weighted by Crippen LogP contribution is 2.49. The van der Waals surface area contributed by atoms with Gasteiger partial charge in [-0.1, -0.05) is 18.9 Å². The maximum atomic E-state index is 13.2. The lowest BCUT2D eigenvalue weighted by Gasteiger charge is -2.48. The van der Waals surface area contributed by atoms with E-state index in [4.69, 9.17) is 0 Å². The molecule has 1 aromatic heterocycles. The number of carbonyl (C=O) groups excluding carboxylic acids is 1. The first-order valence-corrected chi connectivity index (χ1v) is 13.5. The van der Waals surface area contributed by atoms with Crippen LogP contribution in [-0.4, -0.2) is 49.8 Å². The average Bonchev–Trinajstić information content (AvgIpc) is 2.84. The van der Waals surface area contributed by atoms with Crippen LogP contribution < -0.4 is 10.2 Å². The summed E-state index contributed by atoms with van der Waals surface area (Å²) in [7, 11) is -3.56. The van der Waals surface area contributed by atoms with Gasteiger partial charge in [0.1, 0.15) is 5.82 Å². The van der Waals surface area contributed by atoms with Crippen molar-refractivity contribution in [3.05, 3.63) is 48.2 Å². The molecule has 33 heavy (non-hydrogen) atoms. The van der Waals surface area contributed by atoms with E-state index >= 15 is 0 Å². The summed E-state index contributed by atoms with van der Waals surface area (Å²) in [4.78, 5) is 20.2. The van der Waals surface area contributed by atoms with Crippen molar-refractivity contribution < 1.29 is 13.2 Å². The van der Waals surface area contributed by atoms with E-state index in [0.717, 1.165) is 45.2 Å². The lowest BCUT2D eigenvalue weighted by atomic mass is 9.63. The minimum absolute atomic E-state index is 0.218. The predicted octanol–water partition coefficient (Wildman–Crippen LogP) is 4.28. The van der Waals surface area contributed by atoms with E-state index < -0.39 is 10.0 Å². The number of anilines is 2. The molecule has 7 nitrogen and oxygen atoms in total. The Bertz CT molecular complexity index is 1110. The Labute approximate surface area is 196 Å². The molecule has 176 valence electrons. The molecule has 2 saturated heterocycles. The maximum Gasteiger partial charge on any atom is 0.259 e. The fourth-order valence-corrected chi connectivity index (χ4v) is 6.95. The molecular weight excluding hydrogens is 436 g/mol. The van der Waals surface area contributed by atoms with Crippen molar-refractivity contribution in [2.75, 3.05) is 36.4 Å². The predicted molar refractivity (Wildman–Crippen MR) is 129 cm³/mol. The molecule has 2 aromatic rings. The molecule has 1 N–H and O–H groups in total. The number of nitrogens with one attached hydrogen (secondary N) is 1. The van der Waals surface area contributed by atoms with E-state index in [2.05, 4.69) is 15.2 Å². The zero-order chi connectivity index (χ0) is 22.9. The minimum atomic E-state index is -3.56. The van der Waals surface area contributed by atoms with Gasteiger partial charge in [0.05, 0.1) is 10.5 Å². The van der Waals surface area contributed by atoms with Gasteiger partial charge in [0.25, 0.3) is 5.91 Å². The molecule has 0 unspecified atom stereocenters. The minimum Gasteiger partial charge on any atom is -0.356 e. The normalized spacial score (nSPS) is 20.9. The number of benzene rings is 1. The highest BCUT2D eigenvalue weighted by atomic mass is 32.2. The van der Waals surface area contributed by atoms with Crippen LogP contribution in [0.1, 0.15) is 61.7 Å². The fraction of sp³-hybridized carbons (Fsp3) is 0.520. The van der Waals surface area contributed by atoms with Gasteiger partial charge in [-0.15, -0.1) is 0 Å². The lowest BCUT2D eigenvalue weighted by molar-refractivity contribution is 0.0950. The number of amides is 1. The van der Waals surface area contributed by atoms with Gasteiger partial charge in [0.15, 0.2) is 0 Å². The number of nitrogens with zero attached hydrogens (tertiary/aromatic N) is 3. The van der Waals surface area contributed by atoms with Crippen LogP contribution in [0.25, 0.3) is 0 Å². The van der Waals surface area contributed by atoms with E-state index in [0.29, 0.717) is 35.6 Å². The summed E-state index contributed by atoms with van der Waals surface area (Å²) in [6.45, 7) is 2.94. The lowest BCUT2D eigenvalue weighted by Crippen LogP contribution is -2.44. The van der Waals surface area contributed by atoms with E-state index in [1.165, 1.54) is 19.3 Å². The van der Waals surface area contributed by atoms with Gasteiger partial charge >= 0.3 is 0 Å². The maximum absolute atomic E-state index is 13.2. The van der Waals surface area contributed by atoms with Crippen molar-refractivity contribution >= 4 is 27.4 Å². The van der Waals surface area contributed by atoms with E-state index in [1.54, 1.807) is 46.9 Å². The molecule has 0 radical (unpaired) electrons. The highest BCUT2D eigenvalue weighted by Gasteiger charge is 2.40. The number of hydrogen-bond acceptors (Lipinski definition) is 5. The average molecular weight is 469 g/mol. The second-order valence-electron chi connectivity index (χ2n) is 9.66. The summed E-state index contributed by atoms with van der Waals surface area (Å²) in [5.74, 6) is 0.441. The Kier molecular flexibility index (Phi) is 6.14. The molecule has 5 rings (SSSR count). The molecule has 0 atom stereocenters. The van der Waals surface area contributed by atoms with Gasteiger partial charge < -0.3 is 10.2 Å². The third-order valence-electron chi connectivity index (χ3n) is 7.61. The monoisotopic (exact) mass is 468 g/mol. The summed E-state index contributed by atoms with van der Waals surface area (Å²) in [6, 6.07) is 10.1. The molecule has 2 aliphatic heterocycles. The number of carbonyl (C=O) groups is 1. The molecule has 1 spiro atoms. The Morgan fingerprint density at radius 1 is 0.909 bits per heavy atom. The molecule has 1 saturated carbocycles. The SMILES string of the molecule is O=C(Nc1cccc(S(=O)(=O)N2CCCCC2)c1)c1cccnc1N1CCC2(CCC2)CC1. The second kappa shape index (κ2) is 9.06. The van der Waals surface area contributed by atoms with Crippen molar-refractivity contribution in [3.8, 4) is 0 Å². The Hall–Kier alpha value is -2.45. The summed E-state index contributed by atoms with van der Waals surface area (Å²) in [5, 5.41) is 2.90. The van der Waals surface area contributed by atoms with Crippen molar-refractivity contribution in [3.63, 3.8) is 0 Å². The Morgan fingerprint density at radius 2 is 1.67 bits per heavy atom. The first kappa shape index (κ1) is 22.3. The van der Waals surface area contributed by atoms with Crippen LogP contribution in [0.5, 0.6) is 0 Å². The Balaban J connectivity index is 1.32. The molecule has 0 bridgehead atoms. The third-order valence-corrected chi connectivity index (χ3v) is 9.51. The number of sulfonamides is 1. The first-order valence-electron chi connectivity index (χ1n) is 12.1. The zero-order valence-electron chi connectivity index (χ0n) is 19.0. The van der Waals surface area contributed by atoms with Crippen LogP contribution >= 0.6 is 0 Å². The van der Waals surface area contributed by atoms with Gasteiger partial charge in [0.2, 0.25) is 10.0 Å². The van der Waals surface area contributed by atoms with Crippen molar-refractivity contribution in [1.29, 1.82) is 0 Å². The van der Waals surface area contributed by atoms with Gasteiger partial charge in [-0.25, -0.2) is 13.4 Å². The summed E-state index contributed by atoms with van der Waals surface area (Å²) < 4.78 is 27.6. The molecule has 1 aliphatic carbocycles.